The molecule has 94 valence electrons. The van der Waals surface area contributed by atoms with Crippen molar-refractivity contribution >= 4 is 22.9 Å². The zero-order valence-electron chi connectivity index (χ0n) is 10.0. The molecule has 1 atom stereocenters. The molecule has 1 aliphatic rings. The van der Waals surface area contributed by atoms with Crippen LogP contribution in [0.3, 0.4) is 0 Å². The summed E-state index contributed by atoms with van der Waals surface area (Å²) in [6.07, 6.45) is 3.22. The summed E-state index contributed by atoms with van der Waals surface area (Å²) < 4.78 is 0. The first-order chi connectivity index (χ1) is 8.81. The van der Waals surface area contributed by atoms with Crippen molar-refractivity contribution in [2.45, 2.75) is 25.3 Å². The molecule has 0 bridgehead atoms. The van der Waals surface area contributed by atoms with Crippen LogP contribution in [0, 0.1) is 0 Å². The van der Waals surface area contributed by atoms with E-state index in [0.29, 0.717) is 6.04 Å². The van der Waals surface area contributed by atoms with Crippen LogP contribution in [-0.2, 0) is 19.3 Å². The van der Waals surface area contributed by atoms with Gasteiger partial charge in [-0.1, -0.05) is 17.7 Å². The maximum atomic E-state index is 6.02. The molecule has 2 aromatic rings. The first-order valence-electron chi connectivity index (χ1n) is 6.19. The summed E-state index contributed by atoms with van der Waals surface area (Å²) >= 11 is 7.68. The molecule has 0 radical (unpaired) electrons. The van der Waals surface area contributed by atoms with E-state index in [1.165, 1.54) is 16.8 Å². The first kappa shape index (κ1) is 12.2. The highest BCUT2D eigenvalue weighted by atomic mass is 35.5. The highest BCUT2D eigenvalue weighted by Gasteiger charge is 2.20. The van der Waals surface area contributed by atoms with Gasteiger partial charge in [-0.15, -0.1) is 11.3 Å². The highest BCUT2D eigenvalue weighted by molar-refractivity contribution is 7.07. The summed E-state index contributed by atoms with van der Waals surface area (Å²) in [6, 6.07) is 6.79. The molecule has 3 rings (SSSR count). The van der Waals surface area contributed by atoms with Gasteiger partial charge < -0.3 is 5.32 Å². The molecule has 0 fully saturated rings. The van der Waals surface area contributed by atoms with Gasteiger partial charge in [0.15, 0.2) is 0 Å². The molecule has 2 nitrogen and oxygen atoms in total. The lowest BCUT2D eigenvalue weighted by Gasteiger charge is -2.10. The Labute approximate surface area is 116 Å². The number of hydrogen-bond donors (Lipinski definition) is 1. The Bertz CT molecular complexity index is 525. The second-order valence-corrected chi connectivity index (χ2v) is 5.86. The molecule has 0 saturated heterocycles. The number of nitrogens with one attached hydrogen (secondary N) is 1. The van der Waals surface area contributed by atoms with Crippen LogP contribution >= 0.6 is 22.9 Å². The van der Waals surface area contributed by atoms with Crippen molar-refractivity contribution in [3.05, 3.63) is 50.9 Å². The van der Waals surface area contributed by atoms with Crippen molar-refractivity contribution in [3.63, 3.8) is 0 Å². The second kappa shape index (κ2) is 5.39. The Kier molecular flexibility index (Phi) is 3.64. The molecule has 1 aromatic carbocycles. The number of hydrogen-bond acceptors (Lipinski definition) is 3. The van der Waals surface area contributed by atoms with Gasteiger partial charge in [0.25, 0.3) is 0 Å². The molecule has 1 heterocycles. The predicted octanol–water partition coefficient (Wildman–Crippen LogP) is 3.10. The third kappa shape index (κ3) is 2.74. The topological polar surface area (TPSA) is 24.9 Å². The fourth-order valence-corrected chi connectivity index (χ4v) is 3.28. The summed E-state index contributed by atoms with van der Waals surface area (Å²) in [5, 5.41) is 6.57. The monoisotopic (exact) mass is 278 g/mol. The zero-order valence-corrected chi connectivity index (χ0v) is 11.6. The van der Waals surface area contributed by atoms with E-state index in [1.54, 1.807) is 11.3 Å². The van der Waals surface area contributed by atoms with Crippen molar-refractivity contribution < 1.29 is 0 Å². The van der Waals surface area contributed by atoms with Gasteiger partial charge in [-0.25, -0.2) is 4.98 Å². The lowest BCUT2D eigenvalue weighted by Crippen LogP contribution is -2.31. The normalized spacial score (nSPS) is 17.9. The van der Waals surface area contributed by atoms with Crippen LogP contribution in [0.1, 0.15) is 16.8 Å². The molecule has 4 heteroatoms. The molecular weight excluding hydrogens is 264 g/mol. The van der Waals surface area contributed by atoms with Crippen LogP contribution < -0.4 is 5.32 Å². The molecule has 0 saturated carbocycles. The summed E-state index contributed by atoms with van der Waals surface area (Å²) in [5.41, 5.74) is 5.91. The molecule has 1 unspecified atom stereocenters. The zero-order chi connectivity index (χ0) is 12.4. The summed E-state index contributed by atoms with van der Waals surface area (Å²) in [6.45, 7) is 0.996. The minimum Gasteiger partial charge on any atom is -0.313 e. The number of rotatable bonds is 4. The molecule has 1 aromatic heterocycles. The van der Waals surface area contributed by atoms with Crippen LogP contribution in [0.5, 0.6) is 0 Å². The van der Waals surface area contributed by atoms with Crippen LogP contribution in [0.15, 0.2) is 29.1 Å². The van der Waals surface area contributed by atoms with Crippen molar-refractivity contribution in [1.29, 1.82) is 0 Å². The van der Waals surface area contributed by atoms with Crippen LogP contribution in [-0.4, -0.2) is 17.6 Å². The number of aromatic nitrogens is 1. The van der Waals surface area contributed by atoms with Crippen molar-refractivity contribution in [3.8, 4) is 0 Å². The van der Waals surface area contributed by atoms with Gasteiger partial charge >= 0.3 is 0 Å². The lowest BCUT2D eigenvalue weighted by molar-refractivity contribution is 0.534. The van der Waals surface area contributed by atoms with Crippen molar-refractivity contribution in [2.24, 2.45) is 0 Å². The summed E-state index contributed by atoms with van der Waals surface area (Å²) in [4.78, 5) is 4.29. The smallest absolute Gasteiger partial charge is 0.0794 e. The van der Waals surface area contributed by atoms with E-state index in [4.69, 9.17) is 11.6 Å². The van der Waals surface area contributed by atoms with Crippen LogP contribution in [0.2, 0.25) is 5.02 Å². The van der Waals surface area contributed by atoms with E-state index in [0.717, 1.165) is 30.8 Å². The SMILES string of the molecule is Clc1ccc2c(c1)CC(NCCc1cscn1)C2. The molecular formula is C14H15ClN2S. The number of thiazole rings is 1. The Morgan fingerprint density at radius 3 is 3.06 bits per heavy atom. The fourth-order valence-electron chi connectivity index (χ4n) is 2.50. The Morgan fingerprint density at radius 2 is 2.22 bits per heavy atom. The van der Waals surface area contributed by atoms with Crippen LogP contribution in [0.25, 0.3) is 0 Å². The van der Waals surface area contributed by atoms with Crippen molar-refractivity contribution in [2.75, 3.05) is 6.54 Å². The summed E-state index contributed by atoms with van der Waals surface area (Å²) in [7, 11) is 0. The number of nitrogens with zero attached hydrogens (tertiary/aromatic N) is 1. The Morgan fingerprint density at radius 1 is 1.33 bits per heavy atom. The molecule has 0 spiro atoms. The number of benzene rings is 1. The predicted molar refractivity (Wildman–Crippen MR) is 76.5 cm³/mol. The highest BCUT2D eigenvalue weighted by Crippen LogP contribution is 2.25. The largest absolute Gasteiger partial charge is 0.313 e. The molecule has 1 N–H and O–H groups in total. The fraction of sp³-hybridized carbons (Fsp3) is 0.357. The Hall–Kier alpha value is -0.900. The molecule has 18 heavy (non-hydrogen) atoms. The van der Waals surface area contributed by atoms with Gasteiger partial charge in [0.1, 0.15) is 0 Å². The maximum Gasteiger partial charge on any atom is 0.0794 e. The first-order valence-corrected chi connectivity index (χ1v) is 7.51. The molecule has 1 aliphatic carbocycles. The summed E-state index contributed by atoms with van der Waals surface area (Å²) in [5.74, 6) is 0. The van der Waals surface area contributed by atoms with E-state index in [2.05, 4.69) is 27.8 Å². The molecule has 0 aliphatic heterocycles. The quantitative estimate of drug-likeness (QED) is 0.930. The third-order valence-electron chi connectivity index (χ3n) is 3.40. The molecule has 0 amide bonds. The number of halogens is 1. The maximum absolute atomic E-state index is 6.02. The average Bonchev–Trinajstić information content (AvgIpc) is 2.97. The van der Waals surface area contributed by atoms with E-state index in [-0.39, 0.29) is 0 Å². The lowest BCUT2D eigenvalue weighted by atomic mass is 10.1. The van der Waals surface area contributed by atoms with Gasteiger partial charge in [-0.05, 0) is 36.1 Å². The third-order valence-corrected chi connectivity index (χ3v) is 4.27. The Balaban J connectivity index is 1.52. The van der Waals surface area contributed by atoms with E-state index in [1.807, 2.05) is 11.6 Å². The standard InChI is InChI=1S/C14H15ClN2S/c15-12-2-1-10-6-14(7-11(10)5-12)16-4-3-13-8-18-9-17-13/h1-2,5,8-9,14,16H,3-4,6-7H2. The van der Waals surface area contributed by atoms with E-state index < -0.39 is 0 Å². The average molecular weight is 279 g/mol. The van der Waals surface area contributed by atoms with Gasteiger partial charge in [-0.2, -0.15) is 0 Å². The number of fused-ring (bicyclic) bond motifs is 1. The van der Waals surface area contributed by atoms with E-state index in [9.17, 15) is 0 Å². The van der Waals surface area contributed by atoms with Gasteiger partial charge in [-0.3, -0.25) is 0 Å². The van der Waals surface area contributed by atoms with Gasteiger partial charge in [0.2, 0.25) is 0 Å². The second-order valence-electron chi connectivity index (χ2n) is 4.70. The van der Waals surface area contributed by atoms with Crippen molar-refractivity contribution in [1.82, 2.24) is 10.3 Å². The van der Waals surface area contributed by atoms with Crippen LogP contribution in [0.4, 0.5) is 0 Å². The minimum atomic E-state index is 0.553. The van der Waals surface area contributed by atoms with Gasteiger partial charge in [0.05, 0.1) is 11.2 Å². The van der Waals surface area contributed by atoms with Gasteiger partial charge in [0, 0.05) is 29.4 Å². The van der Waals surface area contributed by atoms with E-state index >= 15 is 0 Å². The minimum absolute atomic E-state index is 0.553.